The average molecular weight is 890 g/mol. The first-order valence-corrected chi connectivity index (χ1v) is 22.7. The van der Waals surface area contributed by atoms with Crippen LogP contribution in [-0.4, -0.2) is 118 Å². The lowest BCUT2D eigenvalue weighted by Gasteiger charge is -2.37. The Morgan fingerprint density at radius 1 is 1.11 bits per heavy atom. The van der Waals surface area contributed by atoms with Crippen LogP contribution in [0, 0.1) is 17.3 Å². The zero-order valence-electron chi connectivity index (χ0n) is 38.7. The maximum atomic E-state index is 14.7. The molecule has 3 N–H and O–H groups in total. The molecule has 2 fully saturated rings. The highest BCUT2D eigenvalue weighted by atomic mass is 16.5. The number of aryl methyl sites for hydroxylation is 1. The highest BCUT2D eigenvalue weighted by Crippen LogP contribution is 2.41. The number of pyridine rings is 1. The number of nitrogens with one attached hydrogen (secondary N) is 2. The second kappa shape index (κ2) is 19.6. The molecule has 4 atom stereocenters. The smallest absolute Gasteiger partial charge is 0.324 e. The number of aromatic hydroxyl groups is 1. The lowest BCUT2D eigenvalue weighted by atomic mass is 9.84. The van der Waals surface area contributed by atoms with Gasteiger partial charge in [0.2, 0.25) is 17.7 Å². The summed E-state index contributed by atoms with van der Waals surface area (Å²) in [6, 6.07) is 12.4. The molecule has 15 heteroatoms. The number of nitrogens with zero attached hydrogens (tertiary/aromatic N) is 5. The van der Waals surface area contributed by atoms with Crippen molar-refractivity contribution in [1.29, 1.82) is 0 Å². The van der Waals surface area contributed by atoms with E-state index in [1.165, 1.54) is 16.0 Å². The summed E-state index contributed by atoms with van der Waals surface area (Å²) in [4.78, 5) is 77.2. The summed E-state index contributed by atoms with van der Waals surface area (Å²) in [6.07, 6.45) is 4.94. The first-order valence-electron chi connectivity index (χ1n) is 22.7. The Bertz CT molecular complexity index is 2480. The van der Waals surface area contributed by atoms with E-state index in [-0.39, 0.29) is 49.6 Å². The van der Waals surface area contributed by atoms with Gasteiger partial charge in [0.15, 0.2) is 0 Å². The fourth-order valence-corrected chi connectivity index (χ4v) is 9.80. The maximum absolute atomic E-state index is 14.7. The second-order valence-corrected chi connectivity index (χ2v) is 18.8. The summed E-state index contributed by atoms with van der Waals surface area (Å²) in [6.45, 7) is 15.5. The quantitative estimate of drug-likeness (QED) is 0.138. The van der Waals surface area contributed by atoms with E-state index >= 15 is 0 Å². The molecule has 0 spiro atoms. The molecule has 15 nitrogen and oxygen atoms in total. The van der Waals surface area contributed by atoms with Crippen LogP contribution in [0.3, 0.4) is 0 Å². The van der Waals surface area contributed by atoms with E-state index in [4.69, 9.17) is 14.5 Å². The summed E-state index contributed by atoms with van der Waals surface area (Å²) in [5.41, 5.74) is 9.43. The summed E-state index contributed by atoms with van der Waals surface area (Å²) in [5.74, 6) is -2.87. The summed E-state index contributed by atoms with van der Waals surface area (Å²) in [7, 11) is 3.24. The number of rotatable bonds is 10. The molecule has 65 heavy (non-hydrogen) atoms. The Balaban J connectivity index is 1.30. The minimum Gasteiger partial charge on any atom is -0.508 e. The van der Waals surface area contributed by atoms with Crippen molar-refractivity contribution in [2.45, 2.75) is 98.0 Å². The highest BCUT2D eigenvalue weighted by Gasteiger charge is 2.40. The van der Waals surface area contributed by atoms with Crippen LogP contribution in [0.4, 0.5) is 0 Å². The van der Waals surface area contributed by atoms with Crippen LogP contribution in [-0.2, 0) is 59.4 Å². The Kier molecular flexibility index (Phi) is 14.1. The molecule has 0 unspecified atom stereocenters. The van der Waals surface area contributed by atoms with Crippen LogP contribution in [0.15, 0.2) is 67.4 Å². The number of aromatic nitrogens is 2. The lowest BCUT2D eigenvalue weighted by Crippen LogP contribution is -2.62. The predicted molar refractivity (Wildman–Crippen MR) is 247 cm³/mol. The van der Waals surface area contributed by atoms with Crippen LogP contribution in [0.5, 0.6) is 5.75 Å². The standard InChI is InChI=1S/C50H63N7O8/c1-9-42(59)55-20-17-33(27-55)47(61)54(7)44(30(3)4)46(60)52-40-23-31-21-35(24-36(58)22-31)32-15-16-41-37(25-32)38(45(56(41)10-2)43-34(28-64-8)13-11-18-51-43)26-50(5,6)29-65-49(63)39-14-12-19-57(53-39)48(40)62/h9,11,13,15-16,18,21-22,24-25,30,33,39-40,44,53,58H,1,10,12,14,17,19-20,23,26-29H2,2-8H3,(H,52,60)/t33-,39-,40-,44-/m0/s1. The largest absolute Gasteiger partial charge is 0.508 e. The van der Waals surface area contributed by atoms with Crippen molar-refractivity contribution < 1.29 is 38.6 Å². The summed E-state index contributed by atoms with van der Waals surface area (Å²) >= 11 is 0. The van der Waals surface area contributed by atoms with E-state index in [1.54, 1.807) is 37.4 Å². The van der Waals surface area contributed by atoms with E-state index in [0.29, 0.717) is 56.5 Å². The van der Waals surface area contributed by atoms with Crippen LogP contribution < -0.4 is 10.7 Å². The number of carbonyl (C=O) groups is 5. The molecule has 3 aliphatic heterocycles. The van der Waals surface area contributed by atoms with Crippen molar-refractivity contribution in [2.75, 3.05) is 40.4 Å². The first kappa shape index (κ1) is 46.9. The van der Waals surface area contributed by atoms with Crippen LogP contribution in [0.2, 0.25) is 0 Å². The van der Waals surface area contributed by atoms with E-state index < -0.39 is 47.2 Å². The Labute approximate surface area is 381 Å². The summed E-state index contributed by atoms with van der Waals surface area (Å²) in [5, 5.41) is 16.7. The second-order valence-electron chi connectivity index (χ2n) is 18.8. The molecule has 5 heterocycles. The minimum absolute atomic E-state index is 0.0109. The van der Waals surface area contributed by atoms with Gasteiger partial charge in [-0.15, -0.1) is 0 Å². The number of benzene rings is 2. The molecule has 6 bridgehead atoms. The number of methoxy groups -OCH3 is 1. The minimum atomic E-state index is -1.16. The number of hydrazine groups is 1. The van der Waals surface area contributed by atoms with Gasteiger partial charge in [-0.2, -0.15) is 0 Å². The van der Waals surface area contributed by atoms with Gasteiger partial charge >= 0.3 is 5.97 Å². The number of phenols is 1. The third kappa shape index (κ3) is 9.96. The van der Waals surface area contributed by atoms with E-state index in [1.807, 2.05) is 38.1 Å². The van der Waals surface area contributed by atoms with E-state index in [0.717, 1.165) is 39.0 Å². The molecule has 2 saturated heterocycles. The van der Waals surface area contributed by atoms with Gasteiger partial charge in [0.25, 0.3) is 5.91 Å². The topological polar surface area (TPSA) is 176 Å². The average Bonchev–Trinajstić information content (AvgIpc) is 3.90. The molecule has 0 saturated carbocycles. The fourth-order valence-electron chi connectivity index (χ4n) is 9.80. The number of carbonyl (C=O) groups excluding carboxylic acids is 5. The molecule has 0 radical (unpaired) electrons. The van der Waals surface area contributed by atoms with Crippen molar-refractivity contribution in [3.05, 3.63) is 84.1 Å². The molecule has 4 amide bonds. The summed E-state index contributed by atoms with van der Waals surface area (Å²) < 4.78 is 14.0. The Morgan fingerprint density at radius 2 is 1.89 bits per heavy atom. The first-order chi connectivity index (χ1) is 31.0. The number of fused-ring (bicyclic) bond motifs is 6. The number of likely N-dealkylation sites (N-methyl/N-ethyl adjacent to an activating group) is 1. The molecular formula is C50H63N7O8. The van der Waals surface area contributed by atoms with Gasteiger partial charge in [-0.3, -0.25) is 34.0 Å². The maximum Gasteiger partial charge on any atom is 0.324 e. The predicted octanol–water partition coefficient (Wildman–Crippen LogP) is 5.41. The van der Waals surface area contributed by atoms with Gasteiger partial charge in [-0.05, 0) is 97.2 Å². The zero-order chi connectivity index (χ0) is 46.7. The molecule has 2 aromatic heterocycles. The van der Waals surface area contributed by atoms with Crippen molar-refractivity contribution in [3.63, 3.8) is 0 Å². The highest BCUT2D eigenvalue weighted by molar-refractivity contribution is 5.96. The Morgan fingerprint density at radius 3 is 2.62 bits per heavy atom. The number of likely N-dealkylation sites (tertiary alicyclic amines) is 1. The van der Waals surface area contributed by atoms with Crippen molar-refractivity contribution in [3.8, 4) is 28.3 Å². The van der Waals surface area contributed by atoms with Crippen molar-refractivity contribution >= 4 is 40.5 Å². The zero-order valence-corrected chi connectivity index (χ0v) is 38.7. The molecule has 0 aliphatic carbocycles. The third-order valence-corrected chi connectivity index (χ3v) is 13.0. The van der Waals surface area contributed by atoms with Gasteiger partial charge in [0.1, 0.15) is 23.9 Å². The molecule has 3 aliphatic rings. The van der Waals surface area contributed by atoms with E-state index in [9.17, 15) is 29.1 Å². The molecule has 346 valence electrons. The van der Waals surface area contributed by atoms with E-state index in [2.05, 4.69) is 54.8 Å². The van der Waals surface area contributed by atoms with Crippen molar-refractivity contribution in [1.82, 2.24) is 35.1 Å². The fraction of sp³-hybridized carbons (Fsp3) is 0.480. The van der Waals surface area contributed by atoms with Crippen LogP contribution in [0.1, 0.15) is 70.6 Å². The van der Waals surface area contributed by atoms with Crippen molar-refractivity contribution in [2.24, 2.45) is 17.3 Å². The number of amides is 4. The molecule has 2 aromatic carbocycles. The Hall–Kier alpha value is -6.06. The number of hydrogen-bond acceptors (Lipinski definition) is 10. The van der Waals surface area contributed by atoms with Crippen LogP contribution >= 0.6 is 0 Å². The third-order valence-electron chi connectivity index (χ3n) is 13.0. The monoisotopic (exact) mass is 889 g/mol. The van der Waals surface area contributed by atoms with Gasteiger partial charge in [-0.1, -0.05) is 52.5 Å². The lowest BCUT2D eigenvalue weighted by molar-refractivity contribution is -0.155. The van der Waals surface area contributed by atoms with Gasteiger partial charge in [-0.25, -0.2) is 5.43 Å². The SMILES string of the molecule is C=CC(=O)N1CC[C@H](C(=O)N(C)[C@H](C(=O)N[C@H]2Cc3cc(O)cc(c3)-c3ccc4c(c3)c(c(-c3ncccc3COC)n4CC)CC(C)(C)COC(=O)[C@@H]3CCCN(N3)C2=O)C(C)C)C1. The number of ether oxygens (including phenoxy) is 2. The number of esters is 1. The molecule has 4 aromatic rings. The normalized spacial score (nSPS) is 20.6. The molecule has 7 rings (SSSR count). The van der Waals surface area contributed by atoms with Gasteiger partial charge in [0.05, 0.1) is 30.5 Å². The van der Waals surface area contributed by atoms with Gasteiger partial charge < -0.3 is 34.3 Å². The van der Waals surface area contributed by atoms with Crippen LogP contribution in [0.25, 0.3) is 33.4 Å². The molecular weight excluding hydrogens is 827 g/mol. The number of cyclic esters (lactones) is 1. The number of phenolic OH excluding ortho intramolecular Hbond substituents is 1. The number of hydrogen-bond donors (Lipinski definition) is 3. The van der Waals surface area contributed by atoms with Gasteiger partial charge in [0, 0.05) is 74.8 Å².